The minimum atomic E-state index is -3.69. The van der Waals surface area contributed by atoms with Gasteiger partial charge in [0.15, 0.2) is 0 Å². The summed E-state index contributed by atoms with van der Waals surface area (Å²) in [7, 11) is -3.69. The number of imidazole rings is 1. The zero-order valence-electron chi connectivity index (χ0n) is 13.9. The molecule has 0 saturated heterocycles. The molecule has 0 saturated carbocycles. The largest absolute Gasteiger partial charge is 0.338 e. The summed E-state index contributed by atoms with van der Waals surface area (Å²) in [6.07, 6.45) is 0. The average Bonchev–Trinajstić information content (AvgIpc) is 3.12. The van der Waals surface area contributed by atoms with Crippen LogP contribution in [0.2, 0.25) is 0 Å². The SMILES string of the molecule is O=S(=O)(NCc1ccccc1)c1cccc2[nH]c(-c3ccccc3)nc12. The van der Waals surface area contributed by atoms with Gasteiger partial charge in [-0.05, 0) is 17.7 Å². The van der Waals surface area contributed by atoms with Gasteiger partial charge < -0.3 is 4.98 Å². The number of para-hydroxylation sites is 1. The molecule has 2 N–H and O–H groups in total. The van der Waals surface area contributed by atoms with E-state index in [4.69, 9.17) is 0 Å². The highest BCUT2D eigenvalue weighted by Crippen LogP contribution is 2.25. The van der Waals surface area contributed by atoms with E-state index in [2.05, 4.69) is 14.7 Å². The first-order valence-corrected chi connectivity index (χ1v) is 9.69. The van der Waals surface area contributed by atoms with Crippen molar-refractivity contribution in [2.24, 2.45) is 0 Å². The fourth-order valence-electron chi connectivity index (χ4n) is 2.81. The predicted octanol–water partition coefficient (Wildman–Crippen LogP) is 3.71. The monoisotopic (exact) mass is 363 g/mol. The molecule has 1 aromatic heterocycles. The van der Waals surface area contributed by atoms with Crippen molar-refractivity contribution in [1.82, 2.24) is 14.7 Å². The highest BCUT2D eigenvalue weighted by Gasteiger charge is 2.20. The zero-order valence-corrected chi connectivity index (χ0v) is 14.7. The molecule has 0 fully saturated rings. The predicted molar refractivity (Wildman–Crippen MR) is 102 cm³/mol. The Morgan fingerprint density at radius 3 is 2.27 bits per heavy atom. The summed E-state index contributed by atoms with van der Waals surface area (Å²) in [5, 5.41) is 0. The smallest absolute Gasteiger partial charge is 0.243 e. The molecular formula is C20H17N3O2S. The van der Waals surface area contributed by atoms with Gasteiger partial charge >= 0.3 is 0 Å². The number of rotatable bonds is 5. The fourth-order valence-corrected chi connectivity index (χ4v) is 3.99. The molecule has 0 radical (unpaired) electrons. The molecule has 0 atom stereocenters. The van der Waals surface area contributed by atoms with Crippen molar-refractivity contribution in [3.8, 4) is 11.4 Å². The molecule has 5 nitrogen and oxygen atoms in total. The third-order valence-corrected chi connectivity index (χ3v) is 5.55. The number of hydrogen-bond acceptors (Lipinski definition) is 3. The van der Waals surface area contributed by atoms with E-state index < -0.39 is 10.0 Å². The van der Waals surface area contributed by atoms with E-state index in [-0.39, 0.29) is 11.4 Å². The van der Waals surface area contributed by atoms with Crippen molar-refractivity contribution in [3.05, 3.63) is 84.4 Å². The first-order chi connectivity index (χ1) is 12.6. The Morgan fingerprint density at radius 1 is 0.846 bits per heavy atom. The van der Waals surface area contributed by atoms with Gasteiger partial charge in [0.2, 0.25) is 10.0 Å². The standard InChI is InChI=1S/C20H17N3O2S/c24-26(25,21-14-15-8-3-1-4-9-15)18-13-7-12-17-19(18)23-20(22-17)16-10-5-2-6-11-16/h1-13,21H,14H2,(H,22,23). The number of nitrogens with one attached hydrogen (secondary N) is 2. The molecule has 4 rings (SSSR count). The van der Waals surface area contributed by atoms with Crippen molar-refractivity contribution in [2.75, 3.05) is 0 Å². The van der Waals surface area contributed by atoms with Gasteiger partial charge in [0.1, 0.15) is 16.2 Å². The van der Waals surface area contributed by atoms with E-state index in [1.54, 1.807) is 12.1 Å². The minimum Gasteiger partial charge on any atom is -0.338 e. The molecule has 0 aliphatic heterocycles. The topological polar surface area (TPSA) is 74.8 Å². The summed E-state index contributed by atoms with van der Waals surface area (Å²) in [4.78, 5) is 7.89. The van der Waals surface area contributed by atoms with Crippen LogP contribution in [-0.4, -0.2) is 18.4 Å². The number of H-pyrrole nitrogens is 1. The van der Waals surface area contributed by atoms with Crippen molar-refractivity contribution >= 4 is 21.1 Å². The lowest BCUT2D eigenvalue weighted by atomic mass is 10.2. The minimum absolute atomic E-state index is 0.171. The van der Waals surface area contributed by atoms with Crippen molar-refractivity contribution in [2.45, 2.75) is 11.4 Å². The highest BCUT2D eigenvalue weighted by molar-refractivity contribution is 7.89. The Morgan fingerprint density at radius 2 is 1.54 bits per heavy atom. The maximum atomic E-state index is 12.8. The first-order valence-electron chi connectivity index (χ1n) is 8.21. The molecule has 0 aliphatic rings. The molecule has 0 bridgehead atoms. The molecule has 1 heterocycles. The van der Waals surface area contributed by atoms with Crippen LogP contribution < -0.4 is 4.72 Å². The molecule has 0 spiro atoms. The highest BCUT2D eigenvalue weighted by atomic mass is 32.2. The summed E-state index contributed by atoms with van der Waals surface area (Å²) in [6, 6.07) is 24.2. The maximum Gasteiger partial charge on any atom is 0.243 e. The third kappa shape index (κ3) is 3.24. The molecule has 130 valence electrons. The van der Waals surface area contributed by atoms with E-state index >= 15 is 0 Å². The maximum absolute atomic E-state index is 12.8. The Hall–Kier alpha value is -2.96. The van der Waals surface area contributed by atoms with Gasteiger partial charge in [-0.2, -0.15) is 0 Å². The molecule has 26 heavy (non-hydrogen) atoms. The van der Waals surface area contributed by atoms with Gasteiger partial charge in [-0.15, -0.1) is 0 Å². The number of benzene rings is 3. The number of fused-ring (bicyclic) bond motifs is 1. The second kappa shape index (κ2) is 6.74. The second-order valence-corrected chi connectivity index (χ2v) is 7.65. The summed E-state index contributed by atoms with van der Waals surface area (Å²) >= 11 is 0. The summed E-state index contributed by atoms with van der Waals surface area (Å²) in [6.45, 7) is 0.232. The lowest BCUT2D eigenvalue weighted by Crippen LogP contribution is -2.23. The van der Waals surface area contributed by atoms with Crippen molar-refractivity contribution < 1.29 is 8.42 Å². The molecule has 4 aromatic rings. The van der Waals surface area contributed by atoms with Gasteiger partial charge in [0, 0.05) is 12.1 Å². The summed E-state index contributed by atoms with van der Waals surface area (Å²) in [5.74, 6) is 0.645. The van der Waals surface area contributed by atoms with Crippen LogP contribution in [0.5, 0.6) is 0 Å². The van der Waals surface area contributed by atoms with Crippen LogP contribution in [0.4, 0.5) is 0 Å². The van der Waals surface area contributed by atoms with Crippen molar-refractivity contribution in [1.29, 1.82) is 0 Å². The Balaban J connectivity index is 1.70. The quantitative estimate of drug-likeness (QED) is 0.568. The van der Waals surface area contributed by atoms with E-state index in [9.17, 15) is 8.42 Å². The number of nitrogens with zero attached hydrogens (tertiary/aromatic N) is 1. The fraction of sp³-hybridized carbons (Fsp3) is 0.0500. The normalized spacial score (nSPS) is 11.7. The second-order valence-electron chi connectivity index (χ2n) is 5.91. The van der Waals surface area contributed by atoms with Gasteiger partial charge in [0.05, 0.1) is 5.52 Å². The van der Waals surface area contributed by atoms with Crippen LogP contribution in [0.3, 0.4) is 0 Å². The summed E-state index contributed by atoms with van der Waals surface area (Å²) < 4.78 is 28.3. The molecule has 3 aromatic carbocycles. The van der Waals surface area contributed by atoms with Crippen LogP contribution in [0.25, 0.3) is 22.4 Å². The van der Waals surface area contributed by atoms with Crippen LogP contribution in [-0.2, 0) is 16.6 Å². The molecule has 0 amide bonds. The van der Waals surface area contributed by atoms with Crippen LogP contribution in [0.15, 0.2) is 83.8 Å². The number of aromatic amines is 1. The number of aromatic nitrogens is 2. The average molecular weight is 363 g/mol. The number of sulfonamides is 1. The van der Waals surface area contributed by atoms with E-state index in [0.717, 1.165) is 11.1 Å². The molecule has 0 aliphatic carbocycles. The van der Waals surface area contributed by atoms with Crippen LogP contribution in [0.1, 0.15) is 5.56 Å². The zero-order chi connectivity index (χ0) is 18.0. The third-order valence-electron chi connectivity index (χ3n) is 4.12. The van der Waals surface area contributed by atoms with E-state index in [0.29, 0.717) is 16.9 Å². The van der Waals surface area contributed by atoms with E-state index in [1.165, 1.54) is 0 Å². The molecular weight excluding hydrogens is 346 g/mol. The lowest BCUT2D eigenvalue weighted by Gasteiger charge is -2.07. The Bertz CT molecular complexity index is 1140. The number of hydrogen-bond donors (Lipinski definition) is 2. The lowest BCUT2D eigenvalue weighted by molar-refractivity contribution is 0.582. The Kier molecular flexibility index (Phi) is 4.28. The van der Waals surface area contributed by atoms with Crippen molar-refractivity contribution in [3.63, 3.8) is 0 Å². The molecule has 0 unspecified atom stereocenters. The van der Waals surface area contributed by atoms with Crippen LogP contribution in [0, 0.1) is 0 Å². The Labute approximate surface area is 151 Å². The molecule has 6 heteroatoms. The van der Waals surface area contributed by atoms with Gasteiger partial charge in [-0.25, -0.2) is 18.1 Å². The van der Waals surface area contributed by atoms with Gasteiger partial charge in [-0.1, -0.05) is 66.7 Å². The van der Waals surface area contributed by atoms with E-state index in [1.807, 2.05) is 66.7 Å². The van der Waals surface area contributed by atoms with Gasteiger partial charge in [0.25, 0.3) is 0 Å². The summed E-state index contributed by atoms with van der Waals surface area (Å²) in [5.41, 5.74) is 2.93. The van der Waals surface area contributed by atoms with Gasteiger partial charge in [-0.3, -0.25) is 0 Å². The first kappa shape index (κ1) is 16.5. The van der Waals surface area contributed by atoms with Crippen LogP contribution >= 0.6 is 0 Å².